The standard InChI is InChI=1S/C10H18N4/c1-4-5-9(11)10-13-12-7-14(10)6-8(2)3/h4,7-9H,1,5-6,11H2,2-3H3. The highest BCUT2D eigenvalue weighted by molar-refractivity contribution is 4.96. The molecule has 0 aliphatic heterocycles. The highest BCUT2D eigenvalue weighted by Gasteiger charge is 2.12. The first-order valence-electron chi connectivity index (χ1n) is 4.89. The van der Waals surface area contributed by atoms with E-state index in [9.17, 15) is 0 Å². The first-order valence-corrected chi connectivity index (χ1v) is 4.89. The lowest BCUT2D eigenvalue weighted by molar-refractivity contribution is 0.489. The van der Waals surface area contributed by atoms with Gasteiger partial charge >= 0.3 is 0 Å². The van der Waals surface area contributed by atoms with Crippen LogP contribution < -0.4 is 5.73 Å². The molecule has 0 fully saturated rings. The van der Waals surface area contributed by atoms with Gasteiger partial charge in [0.05, 0.1) is 6.04 Å². The van der Waals surface area contributed by atoms with Crippen LogP contribution in [0.5, 0.6) is 0 Å². The van der Waals surface area contributed by atoms with Crippen LogP contribution in [0.2, 0.25) is 0 Å². The predicted molar refractivity (Wildman–Crippen MR) is 56.6 cm³/mol. The van der Waals surface area contributed by atoms with Crippen LogP contribution in [-0.4, -0.2) is 14.8 Å². The third-order valence-electron chi connectivity index (χ3n) is 1.96. The summed E-state index contributed by atoms with van der Waals surface area (Å²) in [5.41, 5.74) is 5.93. The Balaban J connectivity index is 2.75. The summed E-state index contributed by atoms with van der Waals surface area (Å²) in [7, 11) is 0. The van der Waals surface area contributed by atoms with E-state index >= 15 is 0 Å². The SMILES string of the molecule is C=CCC(N)c1nncn1CC(C)C. The van der Waals surface area contributed by atoms with Crippen molar-refractivity contribution in [2.24, 2.45) is 11.7 Å². The zero-order valence-electron chi connectivity index (χ0n) is 8.85. The second-order valence-corrected chi connectivity index (χ2v) is 3.87. The first kappa shape index (κ1) is 10.9. The molecule has 4 heteroatoms. The van der Waals surface area contributed by atoms with E-state index < -0.39 is 0 Å². The fourth-order valence-electron chi connectivity index (χ4n) is 1.37. The van der Waals surface area contributed by atoms with E-state index in [1.54, 1.807) is 12.4 Å². The summed E-state index contributed by atoms with van der Waals surface area (Å²) in [6.07, 6.45) is 4.27. The molecule has 0 amide bonds. The van der Waals surface area contributed by atoms with E-state index in [1.807, 2.05) is 4.57 Å². The number of rotatable bonds is 5. The minimum Gasteiger partial charge on any atom is -0.321 e. The summed E-state index contributed by atoms with van der Waals surface area (Å²) in [4.78, 5) is 0. The molecule has 0 aliphatic rings. The van der Waals surface area contributed by atoms with Gasteiger partial charge in [-0.05, 0) is 12.3 Å². The number of hydrogen-bond donors (Lipinski definition) is 1. The van der Waals surface area contributed by atoms with Crippen molar-refractivity contribution >= 4 is 0 Å². The highest BCUT2D eigenvalue weighted by Crippen LogP contribution is 2.12. The molecule has 2 N–H and O–H groups in total. The molecule has 14 heavy (non-hydrogen) atoms. The van der Waals surface area contributed by atoms with Crippen molar-refractivity contribution in [2.75, 3.05) is 0 Å². The van der Waals surface area contributed by atoms with E-state index in [0.717, 1.165) is 18.8 Å². The van der Waals surface area contributed by atoms with Crippen molar-refractivity contribution in [3.8, 4) is 0 Å². The average molecular weight is 194 g/mol. The zero-order chi connectivity index (χ0) is 10.6. The maximum absolute atomic E-state index is 5.93. The number of nitrogens with zero attached hydrogens (tertiary/aromatic N) is 3. The van der Waals surface area contributed by atoms with Gasteiger partial charge in [0.15, 0.2) is 0 Å². The molecule has 4 nitrogen and oxygen atoms in total. The number of hydrogen-bond acceptors (Lipinski definition) is 3. The van der Waals surface area contributed by atoms with Crippen LogP contribution in [-0.2, 0) is 6.54 Å². The molecule has 0 radical (unpaired) electrons. The smallest absolute Gasteiger partial charge is 0.150 e. The lowest BCUT2D eigenvalue weighted by atomic mass is 10.2. The fourth-order valence-corrected chi connectivity index (χ4v) is 1.37. The Kier molecular flexibility index (Phi) is 3.83. The second-order valence-electron chi connectivity index (χ2n) is 3.87. The molecule has 1 rings (SSSR count). The Morgan fingerprint density at radius 2 is 2.36 bits per heavy atom. The fraction of sp³-hybridized carbons (Fsp3) is 0.600. The van der Waals surface area contributed by atoms with Crippen LogP contribution in [0.3, 0.4) is 0 Å². The van der Waals surface area contributed by atoms with Crippen LogP contribution in [0, 0.1) is 5.92 Å². The molecule has 0 saturated carbocycles. The monoisotopic (exact) mass is 194 g/mol. The van der Waals surface area contributed by atoms with E-state index in [2.05, 4.69) is 30.6 Å². The van der Waals surface area contributed by atoms with E-state index in [1.165, 1.54) is 0 Å². The third-order valence-corrected chi connectivity index (χ3v) is 1.96. The summed E-state index contributed by atoms with van der Waals surface area (Å²) in [6, 6.07) is -0.0891. The van der Waals surface area contributed by atoms with Gasteiger partial charge in [-0.2, -0.15) is 0 Å². The second kappa shape index (κ2) is 4.91. The number of aromatic nitrogens is 3. The zero-order valence-corrected chi connectivity index (χ0v) is 8.85. The maximum Gasteiger partial charge on any atom is 0.150 e. The summed E-state index contributed by atoms with van der Waals surface area (Å²) < 4.78 is 2.01. The van der Waals surface area contributed by atoms with Crippen molar-refractivity contribution in [1.29, 1.82) is 0 Å². The van der Waals surface area contributed by atoms with Gasteiger partial charge < -0.3 is 10.3 Å². The molecule has 1 aromatic rings. The molecule has 0 bridgehead atoms. The average Bonchev–Trinajstić information content (AvgIpc) is 2.51. The van der Waals surface area contributed by atoms with Gasteiger partial charge in [-0.25, -0.2) is 0 Å². The van der Waals surface area contributed by atoms with E-state index in [0.29, 0.717) is 5.92 Å². The van der Waals surface area contributed by atoms with Gasteiger partial charge in [0.2, 0.25) is 0 Å². The molecule has 0 aliphatic carbocycles. The molecule has 0 aromatic carbocycles. The van der Waals surface area contributed by atoms with Crippen molar-refractivity contribution in [2.45, 2.75) is 32.9 Å². The van der Waals surface area contributed by atoms with Crippen LogP contribution in [0.4, 0.5) is 0 Å². The first-order chi connectivity index (χ1) is 6.65. The lowest BCUT2D eigenvalue weighted by Crippen LogP contribution is -2.17. The van der Waals surface area contributed by atoms with Crippen molar-refractivity contribution in [1.82, 2.24) is 14.8 Å². The Labute approximate surface area is 84.8 Å². The highest BCUT2D eigenvalue weighted by atomic mass is 15.3. The molecule has 0 spiro atoms. The van der Waals surface area contributed by atoms with Gasteiger partial charge in [-0.1, -0.05) is 19.9 Å². The molecule has 1 aromatic heterocycles. The van der Waals surface area contributed by atoms with Gasteiger partial charge in [0, 0.05) is 6.54 Å². The molecule has 1 atom stereocenters. The van der Waals surface area contributed by atoms with E-state index in [-0.39, 0.29) is 6.04 Å². The molecule has 1 unspecified atom stereocenters. The maximum atomic E-state index is 5.93. The molecular formula is C10H18N4. The largest absolute Gasteiger partial charge is 0.321 e. The van der Waals surface area contributed by atoms with Crippen molar-refractivity contribution in [3.63, 3.8) is 0 Å². The summed E-state index contributed by atoms with van der Waals surface area (Å²) in [5.74, 6) is 1.42. The van der Waals surface area contributed by atoms with Crippen molar-refractivity contribution in [3.05, 3.63) is 24.8 Å². The van der Waals surface area contributed by atoms with Crippen LogP contribution >= 0.6 is 0 Å². The van der Waals surface area contributed by atoms with Gasteiger partial charge in [0.1, 0.15) is 12.2 Å². The Hall–Kier alpha value is -1.16. The molecule has 0 saturated heterocycles. The summed E-state index contributed by atoms with van der Waals surface area (Å²) in [5, 5.41) is 7.91. The minimum atomic E-state index is -0.0891. The quantitative estimate of drug-likeness (QED) is 0.723. The van der Waals surface area contributed by atoms with Crippen LogP contribution in [0.25, 0.3) is 0 Å². The van der Waals surface area contributed by atoms with Gasteiger partial charge in [-0.3, -0.25) is 0 Å². The predicted octanol–water partition coefficient (Wildman–Crippen LogP) is 1.51. The Bertz CT molecular complexity index is 290. The lowest BCUT2D eigenvalue weighted by Gasteiger charge is -2.12. The number of nitrogens with two attached hydrogens (primary N) is 1. The molecule has 78 valence electrons. The minimum absolute atomic E-state index is 0.0891. The Morgan fingerprint density at radius 1 is 1.64 bits per heavy atom. The van der Waals surface area contributed by atoms with Crippen molar-refractivity contribution < 1.29 is 0 Å². The summed E-state index contributed by atoms with van der Waals surface area (Å²) >= 11 is 0. The Morgan fingerprint density at radius 3 is 2.93 bits per heavy atom. The third kappa shape index (κ3) is 2.67. The summed E-state index contributed by atoms with van der Waals surface area (Å²) in [6.45, 7) is 8.88. The van der Waals surface area contributed by atoms with E-state index in [4.69, 9.17) is 5.73 Å². The van der Waals surface area contributed by atoms with Gasteiger partial charge in [0.25, 0.3) is 0 Å². The topological polar surface area (TPSA) is 56.7 Å². The van der Waals surface area contributed by atoms with Crippen LogP contribution in [0.1, 0.15) is 32.1 Å². The molecule has 1 heterocycles. The van der Waals surface area contributed by atoms with Crippen LogP contribution in [0.15, 0.2) is 19.0 Å². The normalized spacial score (nSPS) is 13.1. The molecular weight excluding hydrogens is 176 g/mol. The van der Waals surface area contributed by atoms with Gasteiger partial charge in [-0.15, -0.1) is 16.8 Å².